The predicted octanol–water partition coefficient (Wildman–Crippen LogP) is 7.84. The lowest BCUT2D eigenvalue weighted by atomic mass is 9.85. The normalized spacial score (nSPS) is 14.8. The summed E-state index contributed by atoms with van der Waals surface area (Å²) in [7, 11) is 2.22. The van der Waals surface area contributed by atoms with Crippen molar-refractivity contribution in [1.29, 1.82) is 0 Å². The molecule has 0 bridgehead atoms. The molecule has 3 rings (SSSR count). The lowest BCUT2D eigenvalue weighted by Crippen LogP contribution is -2.21. The van der Waals surface area contributed by atoms with Gasteiger partial charge in [0.1, 0.15) is 0 Å². The van der Waals surface area contributed by atoms with Gasteiger partial charge < -0.3 is 4.90 Å². The monoisotopic (exact) mass is 385 g/mol. The first kappa shape index (κ1) is 22.5. The van der Waals surface area contributed by atoms with Gasteiger partial charge in [-0.2, -0.15) is 0 Å². The Hall–Kier alpha value is -2.80. The maximum Gasteiger partial charge on any atom is 0.0482 e. The van der Waals surface area contributed by atoms with Crippen LogP contribution < -0.4 is 0 Å². The molecule has 2 aromatic rings. The molecule has 1 aliphatic rings. The van der Waals surface area contributed by atoms with E-state index in [2.05, 4.69) is 106 Å². The molecule has 1 nitrogen and oxygen atoms in total. The van der Waals surface area contributed by atoms with E-state index >= 15 is 0 Å². The lowest BCUT2D eigenvalue weighted by Gasteiger charge is -2.29. The van der Waals surface area contributed by atoms with Crippen LogP contribution in [0.5, 0.6) is 0 Å². The van der Waals surface area contributed by atoms with Gasteiger partial charge in [-0.15, -0.1) is 6.58 Å². The minimum absolute atomic E-state index is 0.951. The van der Waals surface area contributed by atoms with Crippen molar-refractivity contribution < 1.29 is 0 Å². The summed E-state index contributed by atoms with van der Waals surface area (Å²) in [5, 5.41) is 0. The summed E-state index contributed by atoms with van der Waals surface area (Å²) in [5.41, 5.74) is 9.57. The smallest absolute Gasteiger partial charge is 0.0482 e. The average molecular weight is 386 g/mol. The van der Waals surface area contributed by atoms with E-state index in [-0.39, 0.29) is 0 Å². The first-order chi connectivity index (χ1) is 14.0. The quantitative estimate of drug-likeness (QED) is 0.474. The fourth-order valence-corrected chi connectivity index (χ4v) is 3.88. The average Bonchev–Trinajstić information content (AvgIpc) is 2.72. The van der Waals surface area contributed by atoms with Crippen LogP contribution in [0.4, 0.5) is 0 Å². The van der Waals surface area contributed by atoms with Gasteiger partial charge in [0.2, 0.25) is 0 Å². The molecule has 0 fully saturated rings. The molecule has 1 heteroatoms. The molecule has 0 atom stereocenters. The Balaban J connectivity index is 0.000000941. The molecule has 2 aromatic carbocycles. The van der Waals surface area contributed by atoms with E-state index in [1.807, 2.05) is 6.92 Å². The van der Waals surface area contributed by atoms with Gasteiger partial charge in [0.05, 0.1) is 0 Å². The predicted molar refractivity (Wildman–Crippen MR) is 131 cm³/mol. The van der Waals surface area contributed by atoms with Crippen LogP contribution in [0.15, 0.2) is 85.0 Å². The number of rotatable bonds is 5. The van der Waals surface area contributed by atoms with Gasteiger partial charge in [-0.1, -0.05) is 85.3 Å². The van der Waals surface area contributed by atoms with Gasteiger partial charge in [-0.3, -0.25) is 0 Å². The fourth-order valence-electron chi connectivity index (χ4n) is 3.88. The van der Waals surface area contributed by atoms with Crippen molar-refractivity contribution in [2.45, 2.75) is 40.5 Å². The van der Waals surface area contributed by atoms with Gasteiger partial charge in [0.25, 0.3) is 0 Å². The van der Waals surface area contributed by atoms with Crippen LogP contribution in [0.25, 0.3) is 16.8 Å². The third-order valence-electron chi connectivity index (χ3n) is 5.04. The molecule has 0 amide bonds. The maximum atomic E-state index is 3.36. The van der Waals surface area contributed by atoms with Crippen molar-refractivity contribution in [3.8, 4) is 0 Å². The van der Waals surface area contributed by atoms with Crippen molar-refractivity contribution in [3.05, 3.63) is 102 Å². The van der Waals surface area contributed by atoms with Crippen LogP contribution >= 0.6 is 0 Å². The Bertz CT molecular complexity index is 897. The summed E-state index contributed by atoms with van der Waals surface area (Å²) in [6.07, 6.45) is 8.50. The first-order valence-corrected chi connectivity index (χ1v) is 10.5. The Morgan fingerprint density at radius 3 is 2.24 bits per heavy atom. The third-order valence-corrected chi connectivity index (χ3v) is 5.04. The minimum atomic E-state index is 0.951. The van der Waals surface area contributed by atoms with Crippen LogP contribution in [0.2, 0.25) is 0 Å². The molecule has 0 saturated heterocycles. The molecule has 0 spiro atoms. The van der Waals surface area contributed by atoms with Gasteiger partial charge in [0.15, 0.2) is 0 Å². The van der Waals surface area contributed by atoms with E-state index in [4.69, 9.17) is 0 Å². The van der Waals surface area contributed by atoms with E-state index in [1.165, 1.54) is 39.1 Å². The number of likely N-dealkylation sites (N-methyl/N-ethyl adjacent to an activating group) is 1. The molecule has 0 heterocycles. The summed E-state index contributed by atoms with van der Waals surface area (Å²) in [5.74, 6) is 0. The lowest BCUT2D eigenvalue weighted by molar-refractivity contribution is 0.521. The number of fused-ring (bicyclic) bond motifs is 1. The largest absolute Gasteiger partial charge is 0.370 e. The molecule has 0 saturated carbocycles. The molecule has 152 valence electrons. The highest BCUT2D eigenvalue weighted by Crippen LogP contribution is 2.39. The van der Waals surface area contributed by atoms with Gasteiger partial charge in [-0.25, -0.2) is 0 Å². The number of hydrogen-bond donors (Lipinski definition) is 0. The van der Waals surface area contributed by atoms with Gasteiger partial charge >= 0.3 is 0 Å². The van der Waals surface area contributed by atoms with Crippen LogP contribution in [0.1, 0.15) is 57.2 Å². The SMILES string of the molecule is C=CC.CC/C=C(\C)CN(C)/C(=C1\CC=C(C)c2ccccc21)c1ccccc1. The molecule has 29 heavy (non-hydrogen) atoms. The van der Waals surface area contributed by atoms with Crippen molar-refractivity contribution in [1.82, 2.24) is 4.90 Å². The molecular weight excluding hydrogens is 350 g/mol. The zero-order valence-electron chi connectivity index (χ0n) is 18.7. The Morgan fingerprint density at radius 2 is 1.62 bits per heavy atom. The second kappa shape index (κ2) is 11.3. The summed E-state index contributed by atoms with van der Waals surface area (Å²) < 4.78 is 0. The second-order valence-corrected chi connectivity index (χ2v) is 7.55. The third kappa shape index (κ3) is 5.84. The van der Waals surface area contributed by atoms with Crippen molar-refractivity contribution in [2.24, 2.45) is 0 Å². The number of nitrogens with zero attached hydrogens (tertiary/aromatic N) is 1. The summed E-state index contributed by atoms with van der Waals surface area (Å²) in [6, 6.07) is 19.6. The molecular formula is C28H35N. The molecule has 0 N–H and O–H groups in total. The van der Waals surface area contributed by atoms with Crippen LogP contribution in [0.3, 0.4) is 0 Å². The van der Waals surface area contributed by atoms with Crippen molar-refractivity contribution in [2.75, 3.05) is 13.6 Å². The van der Waals surface area contributed by atoms with E-state index < -0.39 is 0 Å². The molecule has 1 aliphatic carbocycles. The highest BCUT2D eigenvalue weighted by molar-refractivity contribution is 5.96. The van der Waals surface area contributed by atoms with Gasteiger partial charge in [0, 0.05) is 19.3 Å². The highest BCUT2D eigenvalue weighted by atomic mass is 15.1. The minimum Gasteiger partial charge on any atom is -0.370 e. The number of benzene rings is 2. The van der Waals surface area contributed by atoms with E-state index in [0.717, 1.165) is 19.4 Å². The van der Waals surface area contributed by atoms with Crippen molar-refractivity contribution in [3.63, 3.8) is 0 Å². The Morgan fingerprint density at radius 1 is 1.03 bits per heavy atom. The molecule has 0 unspecified atom stereocenters. The van der Waals surface area contributed by atoms with E-state index in [0.29, 0.717) is 0 Å². The standard InChI is InChI=1S/C25H29N.C3H6/c1-5-11-19(2)18-26(4)25(21-12-7-6-8-13-21)24-17-16-20(3)22-14-9-10-15-23(22)24;1-3-2/h6-16H,5,17-18H2,1-4H3;3H,1H2,2H3/b19-11+,25-24+;. The second-order valence-electron chi connectivity index (χ2n) is 7.55. The molecule has 0 aliphatic heterocycles. The van der Waals surface area contributed by atoms with Crippen molar-refractivity contribution >= 4 is 16.8 Å². The zero-order chi connectivity index (χ0) is 21.2. The van der Waals surface area contributed by atoms with Gasteiger partial charge in [-0.05, 0) is 61.4 Å². The fraction of sp³-hybridized carbons (Fsp3) is 0.286. The molecule has 0 aromatic heterocycles. The van der Waals surface area contributed by atoms with E-state index in [9.17, 15) is 0 Å². The highest BCUT2D eigenvalue weighted by Gasteiger charge is 2.20. The molecule has 0 radical (unpaired) electrons. The van der Waals surface area contributed by atoms with Crippen LogP contribution in [0, 0.1) is 0 Å². The summed E-state index contributed by atoms with van der Waals surface area (Å²) in [4.78, 5) is 2.41. The number of allylic oxidation sites excluding steroid dienone is 5. The topological polar surface area (TPSA) is 3.24 Å². The van der Waals surface area contributed by atoms with Crippen LogP contribution in [-0.2, 0) is 0 Å². The van der Waals surface area contributed by atoms with Crippen LogP contribution in [-0.4, -0.2) is 18.5 Å². The maximum absolute atomic E-state index is 3.36. The first-order valence-electron chi connectivity index (χ1n) is 10.5. The summed E-state index contributed by atoms with van der Waals surface area (Å²) in [6.45, 7) is 12.8. The number of hydrogen-bond acceptors (Lipinski definition) is 1. The zero-order valence-corrected chi connectivity index (χ0v) is 18.7. The summed E-state index contributed by atoms with van der Waals surface area (Å²) >= 11 is 0. The Kier molecular flexibility index (Phi) is 8.73. The van der Waals surface area contributed by atoms with E-state index in [1.54, 1.807) is 6.08 Å². The Labute approximate surface area is 177 Å².